The predicted molar refractivity (Wildman–Crippen MR) is 103 cm³/mol. The normalized spacial score (nSPS) is 21.4. The Balaban J connectivity index is 1.44. The monoisotopic (exact) mass is 357 g/mol. The number of hydrogen-bond acceptors (Lipinski definition) is 3. The Bertz CT molecular complexity index is 582. The summed E-state index contributed by atoms with van der Waals surface area (Å²) in [7, 11) is 0. The molecule has 0 aromatic heterocycles. The lowest BCUT2D eigenvalue weighted by molar-refractivity contribution is -0.124. The number of rotatable bonds is 6. The molecule has 2 aliphatic rings. The summed E-state index contributed by atoms with van der Waals surface area (Å²) in [5.41, 5.74) is 0.655. The molecule has 5 heteroatoms. The Morgan fingerprint density at radius 3 is 2.38 bits per heavy atom. The molecule has 1 atom stereocenters. The van der Waals surface area contributed by atoms with Crippen molar-refractivity contribution in [3.8, 4) is 0 Å². The summed E-state index contributed by atoms with van der Waals surface area (Å²) >= 11 is 0. The number of amides is 2. The van der Waals surface area contributed by atoms with E-state index in [1.54, 1.807) is 4.90 Å². The van der Waals surface area contributed by atoms with Crippen LogP contribution >= 0.6 is 0 Å². The number of carbonyl (C=O) groups excluding carboxylic acids is 2. The van der Waals surface area contributed by atoms with Crippen molar-refractivity contribution in [3.05, 3.63) is 35.9 Å². The van der Waals surface area contributed by atoms with Gasteiger partial charge in [-0.15, -0.1) is 0 Å². The molecule has 26 heavy (non-hydrogen) atoms. The van der Waals surface area contributed by atoms with Crippen molar-refractivity contribution < 1.29 is 9.59 Å². The third-order valence-electron chi connectivity index (χ3n) is 5.55. The number of nitrogens with one attached hydrogen (secondary N) is 2. The van der Waals surface area contributed by atoms with Crippen LogP contribution in [0, 0.1) is 0 Å². The van der Waals surface area contributed by atoms with E-state index in [0.717, 1.165) is 19.4 Å². The molecular formula is C21H31N3O2. The van der Waals surface area contributed by atoms with Gasteiger partial charge < -0.3 is 15.5 Å². The molecule has 2 fully saturated rings. The van der Waals surface area contributed by atoms with Crippen LogP contribution in [0.1, 0.15) is 61.7 Å². The van der Waals surface area contributed by atoms with Gasteiger partial charge in [0, 0.05) is 31.2 Å². The molecule has 2 amide bonds. The van der Waals surface area contributed by atoms with Gasteiger partial charge >= 0.3 is 0 Å². The molecule has 0 bridgehead atoms. The highest BCUT2D eigenvalue weighted by Gasteiger charge is 2.34. The van der Waals surface area contributed by atoms with Crippen molar-refractivity contribution in [2.45, 2.75) is 63.5 Å². The van der Waals surface area contributed by atoms with Crippen molar-refractivity contribution in [3.63, 3.8) is 0 Å². The van der Waals surface area contributed by atoms with Crippen LogP contribution in [0.3, 0.4) is 0 Å². The van der Waals surface area contributed by atoms with Gasteiger partial charge in [0.15, 0.2) is 0 Å². The van der Waals surface area contributed by atoms with Gasteiger partial charge in [-0.3, -0.25) is 9.59 Å². The first kappa shape index (κ1) is 18.9. The number of nitrogens with zero attached hydrogens (tertiary/aromatic N) is 1. The molecule has 1 aromatic carbocycles. The largest absolute Gasteiger partial charge is 0.353 e. The first-order valence-corrected chi connectivity index (χ1v) is 10.1. The highest BCUT2D eigenvalue weighted by molar-refractivity contribution is 5.97. The maximum atomic E-state index is 12.7. The lowest BCUT2D eigenvalue weighted by atomic mass is 10.1. The lowest BCUT2D eigenvalue weighted by Gasteiger charge is -2.24. The standard InChI is InChI=1S/C21H31N3O2/c25-20(23-15-14-22-18-11-6-1-2-7-12-18)19-13-8-16-24(19)21(26)17-9-4-3-5-10-17/h3-5,9-10,18-19,22H,1-2,6-8,11-16H2,(H,23,25). The highest BCUT2D eigenvalue weighted by atomic mass is 16.2. The van der Waals surface area contributed by atoms with Crippen molar-refractivity contribution >= 4 is 11.8 Å². The fraction of sp³-hybridized carbons (Fsp3) is 0.619. The average Bonchev–Trinajstić information content (AvgIpc) is 3.02. The van der Waals surface area contributed by atoms with Crippen molar-refractivity contribution in [1.82, 2.24) is 15.5 Å². The van der Waals surface area contributed by atoms with Gasteiger partial charge in [-0.1, -0.05) is 43.9 Å². The molecule has 142 valence electrons. The molecule has 5 nitrogen and oxygen atoms in total. The fourth-order valence-electron chi connectivity index (χ4n) is 4.09. The highest BCUT2D eigenvalue weighted by Crippen LogP contribution is 2.20. The summed E-state index contributed by atoms with van der Waals surface area (Å²) in [5, 5.41) is 6.59. The van der Waals surface area contributed by atoms with Crippen LogP contribution in [-0.4, -0.2) is 48.4 Å². The topological polar surface area (TPSA) is 61.4 Å². The maximum Gasteiger partial charge on any atom is 0.254 e. The minimum atomic E-state index is -0.333. The van der Waals surface area contributed by atoms with Crippen LogP contribution in [-0.2, 0) is 4.79 Å². The molecule has 2 N–H and O–H groups in total. The van der Waals surface area contributed by atoms with Gasteiger partial charge in [0.1, 0.15) is 6.04 Å². The number of hydrogen-bond donors (Lipinski definition) is 2. The van der Waals surface area contributed by atoms with Crippen LogP contribution < -0.4 is 10.6 Å². The average molecular weight is 357 g/mol. The minimum Gasteiger partial charge on any atom is -0.353 e. The zero-order valence-corrected chi connectivity index (χ0v) is 15.6. The van der Waals surface area contributed by atoms with Gasteiger partial charge in [0.2, 0.25) is 5.91 Å². The Labute approximate surface area is 156 Å². The third-order valence-corrected chi connectivity index (χ3v) is 5.55. The second kappa shape index (κ2) is 9.72. The second-order valence-electron chi connectivity index (χ2n) is 7.46. The van der Waals surface area contributed by atoms with Gasteiger partial charge in [0.25, 0.3) is 5.91 Å². The van der Waals surface area contributed by atoms with Gasteiger partial charge in [-0.25, -0.2) is 0 Å². The van der Waals surface area contributed by atoms with Crippen molar-refractivity contribution in [1.29, 1.82) is 0 Å². The van der Waals surface area contributed by atoms with E-state index >= 15 is 0 Å². The summed E-state index contributed by atoms with van der Waals surface area (Å²) in [6.45, 7) is 2.08. The number of benzene rings is 1. The summed E-state index contributed by atoms with van der Waals surface area (Å²) in [6, 6.07) is 9.50. The van der Waals surface area contributed by atoms with Crippen molar-refractivity contribution in [2.24, 2.45) is 0 Å². The minimum absolute atomic E-state index is 0.0190. The molecule has 1 aromatic rings. The molecule has 1 saturated heterocycles. The maximum absolute atomic E-state index is 12.7. The fourth-order valence-corrected chi connectivity index (χ4v) is 4.09. The van der Waals surface area contributed by atoms with E-state index in [0.29, 0.717) is 24.7 Å². The van der Waals surface area contributed by atoms with Crippen LogP contribution in [0.4, 0.5) is 0 Å². The van der Waals surface area contributed by atoms with Crippen LogP contribution in [0.5, 0.6) is 0 Å². The summed E-state index contributed by atoms with van der Waals surface area (Å²) in [4.78, 5) is 27.0. The van der Waals surface area contributed by atoms with E-state index in [1.165, 1.54) is 38.5 Å². The predicted octanol–water partition coefficient (Wildman–Crippen LogP) is 2.72. The lowest BCUT2D eigenvalue weighted by Crippen LogP contribution is -2.47. The molecule has 0 radical (unpaired) electrons. The third kappa shape index (κ3) is 5.07. The van der Waals surface area contributed by atoms with Gasteiger partial charge in [-0.2, -0.15) is 0 Å². The van der Waals surface area contributed by atoms with Gasteiger partial charge in [-0.05, 0) is 37.8 Å². The quantitative estimate of drug-likeness (QED) is 0.608. The Morgan fingerprint density at radius 2 is 1.65 bits per heavy atom. The smallest absolute Gasteiger partial charge is 0.254 e. The van der Waals surface area contributed by atoms with Crippen molar-refractivity contribution in [2.75, 3.05) is 19.6 Å². The summed E-state index contributed by atoms with van der Waals surface area (Å²) in [5.74, 6) is -0.0609. The Hall–Kier alpha value is -1.88. The van der Waals surface area contributed by atoms with E-state index in [-0.39, 0.29) is 17.9 Å². The number of likely N-dealkylation sites (tertiary alicyclic amines) is 1. The van der Waals surface area contributed by atoms with E-state index in [9.17, 15) is 9.59 Å². The molecular weight excluding hydrogens is 326 g/mol. The molecule has 1 saturated carbocycles. The molecule has 1 unspecified atom stereocenters. The zero-order chi connectivity index (χ0) is 18.2. The van der Waals surface area contributed by atoms with Crippen LogP contribution in [0.2, 0.25) is 0 Å². The summed E-state index contributed by atoms with van der Waals surface area (Å²) in [6.07, 6.45) is 9.44. The SMILES string of the molecule is O=C(NCCNC1CCCCCC1)C1CCCN1C(=O)c1ccccc1. The molecule has 0 spiro atoms. The molecule has 1 aliphatic heterocycles. The molecule has 1 aliphatic carbocycles. The van der Waals surface area contributed by atoms with E-state index in [4.69, 9.17) is 0 Å². The van der Waals surface area contributed by atoms with E-state index in [1.807, 2.05) is 30.3 Å². The van der Waals surface area contributed by atoms with E-state index < -0.39 is 0 Å². The van der Waals surface area contributed by atoms with E-state index in [2.05, 4.69) is 10.6 Å². The van der Waals surface area contributed by atoms with Crippen LogP contribution in [0.25, 0.3) is 0 Å². The first-order valence-electron chi connectivity index (χ1n) is 10.1. The summed E-state index contributed by atoms with van der Waals surface area (Å²) < 4.78 is 0. The Morgan fingerprint density at radius 1 is 0.923 bits per heavy atom. The zero-order valence-electron chi connectivity index (χ0n) is 15.6. The molecule has 3 rings (SSSR count). The van der Waals surface area contributed by atoms with Crippen LogP contribution in [0.15, 0.2) is 30.3 Å². The Kier molecular flexibility index (Phi) is 7.06. The second-order valence-corrected chi connectivity index (χ2v) is 7.46. The molecule has 1 heterocycles. The number of carbonyl (C=O) groups is 2. The van der Waals surface area contributed by atoms with Gasteiger partial charge in [0.05, 0.1) is 0 Å². The first-order chi connectivity index (χ1) is 12.8.